The second kappa shape index (κ2) is 7.49. The third kappa shape index (κ3) is 4.45. The van der Waals surface area contributed by atoms with Crippen LogP contribution in [0, 0.1) is 6.92 Å². The van der Waals surface area contributed by atoms with Gasteiger partial charge in [-0.2, -0.15) is 0 Å². The summed E-state index contributed by atoms with van der Waals surface area (Å²) >= 11 is 0. The minimum atomic E-state index is -0.358. The number of anilines is 1. The minimum Gasteiger partial charge on any atom is -0.465 e. The summed E-state index contributed by atoms with van der Waals surface area (Å²) in [6.45, 7) is 13.1. The second-order valence-corrected chi connectivity index (χ2v) is 7.15. The van der Waals surface area contributed by atoms with Crippen LogP contribution in [-0.4, -0.2) is 60.3 Å². The summed E-state index contributed by atoms with van der Waals surface area (Å²) in [5, 5.41) is 3.39. The van der Waals surface area contributed by atoms with Crippen LogP contribution in [0.25, 0.3) is 0 Å². The fourth-order valence-corrected chi connectivity index (χ4v) is 3.08. The molecule has 6 nitrogen and oxygen atoms in total. The SMILES string of the molecule is COC(=O)c1ccc(NCC(C)(C)N2C[C@@H](C)O[C@H](C)C2)nc1C. The maximum absolute atomic E-state index is 11.6. The number of hydrogen-bond acceptors (Lipinski definition) is 6. The summed E-state index contributed by atoms with van der Waals surface area (Å²) in [5.74, 6) is 0.408. The first-order valence-corrected chi connectivity index (χ1v) is 8.43. The molecule has 2 atom stereocenters. The molecule has 134 valence electrons. The van der Waals surface area contributed by atoms with Crippen LogP contribution in [0.1, 0.15) is 43.7 Å². The first-order valence-electron chi connectivity index (χ1n) is 8.43. The van der Waals surface area contributed by atoms with Crippen molar-refractivity contribution in [3.05, 3.63) is 23.4 Å². The number of aromatic nitrogens is 1. The van der Waals surface area contributed by atoms with Crippen molar-refractivity contribution in [3.63, 3.8) is 0 Å². The Hall–Kier alpha value is -1.66. The van der Waals surface area contributed by atoms with E-state index in [4.69, 9.17) is 9.47 Å². The van der Waals surface area contributed by atoms with Crippen molar-refractivity contribution in [3.8, 4) is 0 Å². The van der Waals surface area contributed by atoms with E-state index in [-0.39, 0.29) is 23.7 Å². The van der Waals surface area contributed by atoms with E-state index >= 15 is 0 Å². The number of esters is 1. The van der Waals surface area contributed by atoms with Gasteiger partial charge in [0, 0.05) is 25.2 Å². The molecule has 0 aromatic carbocycles. The van der Waals surface area contributed by atoms with Gasteiger partial charge in [0.1, 0.15) is 5.82 Å². The molecule has 0 amide bonds. The fraction of sp³-hybridized carbons (Fsp3) is 0.667. The van der Waals surface area contributed by atoms with E-state index in [1.54, 1.807) is 6.07 Å². The molecule has 1 saturated heterocycles. The first kappa shape index (κ1) is 18.7. The number of ether oxygens (including phenoxy) is 2. The Balaban J connectivity index is 2.01. The van der Waals surface area contributed by atoms with Gasteiger partial charge in [-0.25, -0.2) is 9.78 Å². The zero-order chi connectivity index (χ0) is 17.9. The number of rotatable bonds is 5. The average Bonchev–Trinajstić information content (AvgIpc) is 2.51. The number of aryl methyl sites for hydroxylation is 1. The largest absolute Gasteiger partial charge is 0.465 e. The minimum absolute atomic E-state index is 0.0249. The normalized spacial score (nSPS) is 22.2. The van der Waals surface area contributed by atoms with E-state index in [0.29, 0.717) is 11.3 Å². The number of nitrogens with one attached hydrogen (secondary N) is 1. The fourth-order valence-electron chi connectivity index (χ4n) is 3.08. The molecule has 6 heteroatoms. The van der Waals surface area contributed by atoms with Crippen LogP contribution < -0.4 is 5.32 Å². The van der Waals surface area contributed by atoms with Crippen molar-refractivity contribution in [2.24, 2.45) is 0 Å². The third-order valence-electron chi connectivity index (χ3n) is 4.47. The predicted octanol–water partition coefficient (Wildman–Crippen LogP) is 2.48. The van der Waals surface area contributed by atoms with Crippen molar-refractivity contribution < 1.29 is 14.3 Å². The Morgan fingerprint density at radius 1 is 1.38 bits per heavy atom. The van der Waals surface area contributed by atoms with Gasteiger partial charge in [-0.3, -0.25) is 4.90 Å². The van der Waals surface area contributed by atoms with E-state index in [0.717, 1.165) is 25.5 Å². The Morgan fingerprint density at radius 2 is 2.00 bits per heavy atom. The van der Waals surface area contributed by atoms with Gasteiger partial charge in [-0.05, 0) is 46.8 Å². The molecule has 1 fully saturated rings. The Kier molecular flexibility index (Phi) is 5.83. The smallest absolute Gasteiger partial charge is 0.339 e. The highest BCUT2D eigenvalue weighted by Crippen LogP contribution is 2.22. The number of methoxy groups -OCH3 is 1. The third-order valence-corrected chi connectivity index (χ3v) is 4.47. The molecule has 1 N–H and O–H groups in total. The highest BCUT2D eigenvalue weighted by molar-refractivity contribution is 5.90. The lowest BCUT2D eigenvalue weighted by Gasteiger charge is -2.45. The van der Waals surface area contributed by atoms with Crippen LogP contribution in [0.3, 0.4) is 0 Å². The number of carbonyl (C=O) groups excluding carboxylic acids is 1. The molecule has 0 aliphatic carbocycles. The molecular weight excluding hydrogens is 306 g/mol. The van der Waals surface area contributed by atoms with E-state index in [2.05, 4.69) is 42.9 Å². The van der Waals surface area contributed by atoms with Crippen molar-refractivity contribution in [1.29, 1.82) is 0 Å². The van der Waals surface area contributed by atoms with Crippen LogP contribution in [0.5, 0.6) is 0 Å². The van der Waals surface area contributed by atoms with Gasteiger partial charge in [-0.15, -0.1) is 0 Å². The number of carbonyl (C=O) groups is 1. The van der Waals surface area contributed by atoms with Gasteiger partial charge < -0.3 is 14.8 Å². The first-order chi connectivity index (χ1) is 11.2. The number of morpholine rings is 1. The summed E-state index contributed by atoms with van der Waals surface area (Å²) < 4.78 is 10.6. The summed E-state index contributed by atoms with van der Waals surface area (Å²) in [4.78, 5) is 18.5. The Labute approximate surface area is 144 Å². The van der Waals surface area contributed by atoms with Crippen molar-refractivity contribution >= 4 is 11.8 Å². The number of hydrogen-bond donors (Lipinski definition) is 1. The van der Waals surface area contributed by atoms with Crippen molar-refractivity contribution in [1.82, 2.24) is 9.88 Å². The molecule has 1 aliphatic heterocycles. The lowest BCUT2D eigenvalue weighted by atomic mass is 10.00. The van der Waals surface area contributed by atoms with Crippen LogP contribution in [0.2, 0.25) is 0 Å². The highest BCUT2D eigenvalue weighted by atomic mass is 16.5. The average molecular weight is 335 g/mol. The van der Waals surface area contributed by atoms with Gasteiger partial charge in [-0.1, -0.05) is 0 Å². The van der Waals surface area contributed by atoms with Gasteiger partial charge in [0.25, 0.3) is 0 Å². The molecule has 1 aromatic rings. The quantitative estimate of drug-likeness (QED) is 0.834. The monoisotopic (exact) mass is 335 g/mol. The van der Waals surface area contributed by atoms with E-state index < -0.39 is 0 Å². The van der Waals surface area contributed by atoms with Crippen molar-refractivity contribution in [2.45, 2.75) is 52.4 Å². The zero-order valence-corrected chi connectivity index (χ0v) is 15.5. The molecule has 0 bridgehead atoms. The predicted molar refractivity (Wildman–Crippen MR) is 94.5 cm³/mol. The summed E-state index contributed by atoms with van der Waals surface area (Å²) in [6, 6.07) is 3.57. The van der Waals surface area contributed by atoms with Gasteiger partial charge >= 0.3 is 5.97 Å². The molecular formula is C18H29N3O3. The standard InChI is InChI=1S/C18H29N3O3/c1-12-9-21(10-13(2)24-12)18(4,5)11-19-16-8-7-15(14(3)20-16)17(22)23-6/h7-8,12-13H,9-11H2,1-6H3,(H,19,20)/t12-,13-/m1/s1. The second-order valence-electron chi connectivity index (χ2n) is 7.15. The molecule has 1 aliphatic rings. The summed E-state index contributed by atoms with van der Waals surface area (Å²) in [7, 11) is 1.38. The van der Waals surface area contributed by atoms with E-state index in [1.807, 2.05) is 13.0 Å². The summed E-state index contributed by atoms with van der Waals surface area (Å²) in [5.41, 5.74) is 1.14. The zero-order valence-electron chi connectivity index (χ0n) is 15.5. The van der Waals surface area contributed by atoms with Crippen LogP contribution in [0.15, 0.2) is 12.1 Å². The lowest BCUT2D eigenvalue weighted by Crippen LogP contribution is -2.57. The van der Waals surface area contributed by atoms with Gasteiger partial charge in [0.05, 0.1) is 30.6 Å². The molecule has 2 rings (SSSR count). The van der Waals surface area contributed by atoms with Crippen molar-refractivity contribution in [2.75, 3.05) is 32.1 Å². The number of nitrogens with zero attached hydrogens (tertiary/aromatic N) is 2. The Bertz CT molecular complexity index is 579. The molecule has 0 saturated carbocycles. The summed E-state index contributed by atoms with van der Waals surface area (Å²) in [6.07, 6.45) is 0.487. The van der Waals surface area contributed by atoms with E-state index in [9.17, 15) is 4.79 Å². The van der Waals surface area contributed by atoms with Crippen LogP contribution in [0.4, 0.5) is 5.82 Å². The molecule has 24 heavy (non-hydrogen) atoms. The highest BCUT2D eigenvalue weighted by Gasteiger charge is 2.33. The van der Waals surface area contributed by atoms with Crippen LogP contribution in [-0.2, 0) is 9.47 Å². The van der Waals surface area contributed by atoms with E-state index in [1.165, 1.54) is 7.11 Å². The van der Waals surface area contributed by atoms with Crippen LogP contribution >= 0.6 is 0 Å². The molecule has 1 aromatic heterocycles. The molecule has 0 unspecified atom stereocenters. The van der Waals surface area contributed by atoms with Gasteiger partial charge in [0.2, 0.25) is 0 Å². The number of pyridine rings is 1. The van der Waals surface area contributed by atoms with Gasteiger partial charge in [0.15, 0.2) is 0 Å². The molecule has 2 heterocycles. The maximum atomic E-state index is 11.6. The maximum Gasteiger partial charge on any atom is 0.339 e. The molecule has 0 radical (unpaired) electrons. The lowest BCUT2D eigenvalue weighted by molar-refractivity contribution is -0.0933. The topological polar surface area (TPSA) is 63.7 Å². The Morgan fingerprint density at radius 3 is 2.54 bits per heavy atom. The molecule has 0 spiro atoms.